The minimum Gasteiger partial charge on any atom is -0.468 e. The van der Waals surface area contributed by atoms with Gasteiger partial charge in [-0.1, -0.05) is 0 Å². The summed E-state index contributed by atoms with van der Waals surface area (Å²) in [7, 11) is 0. The summed E-state index contributed by atoms with van der Waals surface area (Å²) < 4.78 is 10.2. The topological polar surface area (TPSA) is 84.5 Å². The summed E-state index contributed by atoms with van der Waals surface area (Å²) in [4.78, 5) is 23.9. The third-order valence-corrected chi connectivity index (χ3v) is 3.57. The second kappa shape index (κ2) is 6.85. The molecule has 0 radical (unpaired) electrons. The maximum Gasteiger partial charge on any atom is 0.321 e. The monoisotopic (exact) mass is 294 g/mol. The van der Waals surface area contributed by atoms with Crippen molar-refractivity contribution < 1.29 is 18.4 Å². The normalized spacial score (nSPS) is 10.2. The molecule has 20 heavy (non-hydrogen) atoms. The van der Waals surface area contributed by atoms with Gasteiger partial charge in [-0.25, -0.2) is 4.79 Å². The van der Waals surface area contributed by atoms with Crippen molar-refractivity contribution in [3.63, 3.8) is 0 Å². The van der Waals surface area contributed by atoms with Gasteiger partial charge in [0.05, 0.1) is 24.8 Å². The number of rotatable bonds is 5. The second-order valence-electron chi connectivity index (χ2n) is 3.94. The number of nitrogens with one attached hydrogen (secondary N) is 2. The Labute approximate surface area is 119 Å². The Morgan fingerprint density at radius 3 is 2.75 bits per heavy atom. The number of hydrogen-bond donors (Lipinski definition) is 2. The molecule has 6 nitrogen and oxygen atoms in total. The second-order valence-corrected chi connectivity index (χ2v) is 4.96. The first kappa shape index (κ1) is 14.3. The zero-order valence-corrected chi connectivity index (χ0v) is 11.7. The molecule has 2 heterocycles. The van der Waals surface area contributed by atoms with Crippen LogP contribution in [-0.2, 0) is 11.3 Å². The summed E-state index contributed by atoms with van der Waals surface area (Å²) in [5.74, 6) is 1.16. The molecule has 0 aromatic carbocycles. The van der Waals surface area contributed by atoms with Gasteiger partial charge in [-0.2, -0.15) is 0 Å². The van der Waals surface area contributed by atoms with Crippen LogP contribution < -0.4 is 10.6 Å². The van der Waals surface area contributed by atoms with Crippen LogP contribution in [0.4, 0.5) is 4.79 Å². The fourth-order valence-corrected chi connectivity index (χ4v) is 2.22. The molecule has 3 amide bonds. The average Bonchev–Trinajstić information content (AvgIpc) is 3.05. The van der Waals surface area contributed by atoms with Crippen molar-refractivity contribution in [1.29, 1.82) is 0 Å². The van der Waals surface area contributed by atoms with E-state index in [4.69, 9.17) is 8.83 Å². The highest BCUT2D eigenvalue weighted by Crippen LogP contribution is 2.22. The van der Waals surface area contributed by atoms with Crippen LogP contribution in [0.2, 0.25) is 0 Å². The smallest absolute Gasteiger partial charge is 0.321 e. The molecule has 0 saturated carbocycles. The number of furan rings is 2. The maximum absolute atomic E-state index is 11.6. The highest BCUT2D eigenvalue weighted by molar-refractivity contribution is 8.00. The Bertz CT molecular complexity index is 577. The zero-order chi connectivity index (χ0) is 14.4. The Kier molecular flexibility index (Phi) is 4.89. The molecule has 2 rings (SSSR count). The van der Waals surface area contributed by atoms with Crippen LogP contribution in [0.1, 0.15) is 11.5 Å². The summed E-state index contributed by atoms with van der Waals surface area (Å²) in [6.07, 6.45) is 3.08. The number of carbonyl (C=O) groups excluding carboxylic acids is 2. The van der Waals surface area contributed by atoms with Crippen molar-refractivity contribution in [2.24, 2.45) is 0 Å². The Balaban J connectivity index is 1.68. The van der Waals surface area contributed by atoms with Crippen molar-refractivity contribution in [3.8, 4) is 0 Å². The first-order valence-electron chi connectivity index (χ1n) is 5.92. The van der Waals surface area contributed by atoms with E-state index < -0.39 is 6.03 Å². The molecule has 0 aliphatic carbocycles. The van der Waals surface area contributed by atoms with Gasteiger partial charge in [0.15, 0.2) is 0 Å². The van der Waals surface area contributed by atoms with E-state index in [1.54, 1.807) is 24.5 Å². The highest BCUT2D eigenvalue weighted by atomic mass is 32.2. The molecule has 7 heteroatoms. The SMILES string of the molecule is Cc1occc1SCC(=O)NC(=O)NCc1ccco1. The lowest BCUT2D eigenvalue weighted by Crippen LogP contribution is -2.39. The largest absolute Gasteiger partial charge is 0.468 e. The van der Waals surface area contributed by atoms with Crippen LogP contribution in [-0.4, -0.2) is 17.7 Å². The van der Waals surface area contributed by atoms with Gasteiger partial charge in [0.2, 0.25) is 5.91 Å². The van der Waals surface area contributed by atoms with Crippen LogP contribution in [0.15, 0.2) is 44.5 Å². The quantitative estimate of drug-likeness (QED) is 0.827. The van der Waals surface area contributed by atoms with E-state index in [1.165, 1.54) is 18.0 Å². The minimum atomic E-state index is -0.545. The molecule has 2 aromatic heterocycles. The van der Waals surface area contributed by atoms with Gasteiger partial charge < -0.3 is 14.2 Å². The third kappa shape index (κ3) is 4.20. The van der Waals surface area contributed by atoms with Crippen molar-refractivity contribution in [1.82, 2.24) is 10.6 Å². The number of hydrogen-bond acceptors (Lipinski definition) is 5. The van der Waals surface area contributed by atoms with Gasteiger partial charge in [-0.05, 0) is 25.1 Å². The van der Waals surface area contributed by atoms with E-state index in [9.17, 15) is 9.59 Å². The fraction of sp³-hybridized carbons (Fsp3) is 0.231. The predicted octanol–water partition coefficient (Wildman–Crippen LogP) is 2.30. The molecule has 0 fully saturated rings. The van der Waals surface area contributed by atoms with Gasteiger partial charge in [-0.3, -0.25) is 10.1 Å². The van der Waals surface area contributed by atoms with Crippen molar-refractivity contribution >= 4 is 23.7 Å². The third-order valence-electron chi connectivity index (χ3n) is 2.43. The average molecular weight is 294 g/mol. The molecule has 0 saturated heterocycles. The predicted molar refractivity (Wildman–Crippen MR) is 73.3 cm³/mol. The molecule has 0 aliphatic rings. The lowest BCUT2D eigenvalue weighted by Gasteiger charge is -2.05. The summed E-state index contributed by atoms with van der Waals surface area (Å²) >= 11 is 1.32. The minimum absolute atomic E-state index is 0.147. The van der Waals surface area contributed by atoms with E-state index in [1.807, 2.05) is 6.92 Å². The van der Waals surface area contributed by atoms with Gasteiger partial charge in [0, 0.05) is 4.90 Å². The molecule has 0 bridgehead atoms. The van der Waals surface area contributed by atoms with E-state index in [2.05, 4.69) is 10.6 Å². The van der Waals surface area contributed by atoms with Crippen LogP contribution in [0.5, 0.6) is 0 Å². The molecular formula is C13H14N2O4S. The molecule has 0 aliphatic heterocycles. The van der Waals surface area contributed by atoms with E-state index >= 15 is 0 Å². The molecule has 0 unspecified atom stereocenters. The van der Waals surface area contributed by atoms with Crippen molar-refractivity contribution in [2.75, 3.05) is 5.75 Å². The van der Waals surface area contributed by atoms with Gasteiger partial charge >= 0.3 is 6.03 Å². The number of imide groups is 1. The van der Waals surface area contributed by atoms with E-state index in [0.29, 0.717) is 5.76 Å². The molecular weight excluding hydrogens is 280 g/mol. The van der Waals surface area contributed by atoms with Gasteiger partial charge in [0.1, 0.15) is 11.5 Å². The number of urea groups is 1. The Morgan fingerprint density at radius 1 is 1.25 bits per heavy atom. The van der Waals surface area contributed by atoms with Crippen molar-refractivity contribution in [2.45, 2.75) is 18.4 Å². The summed E-state index contributed by atoms with van der Waals surface area (Å²) in [5, 5.41) is 4.77. The number of carbonyl (C=O) groups is 2. The van der Waals surface area contributed by atoms with Crippen LogP contribution in [0.25, 0.3) is 0 Å². The zero-order valence-electron chi connectivity index (χ0n) is 10.8. The van der Waals surface area contributed by atoms with Crippen LogP contribution in [0, 0.1) is 6.92 Å². The highest BCUT2D eigenvalue weighted by Gasteiger charge is 2.10. The first-order chi connectivity index (χ1) is 9.65. The first-order valence-corrected chi connectivity index (χ1v) is 6.90. The molecule has 106 valence electrons. The lowest BCUT2D eigenvalue weighted by molar-refractivity contribution is -0.117. The van der Waals surface area contributed by atoms with Gasteiger partial charge in [-0.15, -0.1) is 11.8 Å². The van der Waals surface area contributed by atoms with Crippen LogP contribution in [0.3, 0.4) is 0 Å². The van der Waals surface area contributed by atoms with Crippen molar-refractivity contribution in [3.05, 3.63) is 42.2 Å². The van der Waals surface area contributed by atoms with E-state index in [-0.39, 0.29) is 18.2 Å². The summed E-state index contributed by atoms with van der Waals surface area (Å²) in [6.45, 7) is 2.05. The molecule has 0 spiro atoms. The van der Waals surface area contributed by atoms with Crippen LogP contribution >= 0.6 is 11.8 Å². The van der Waals surface area contributed by atoms with E-state index in [0.717, 1.165) is 10.7 Å². The fourth-order valence-electron chi connectivity index (χ4n) is 1.45. The maximum atomic E-state index is 11.6. The van der Waals surface area contributed by atoms with Gasteiger partial charge in [0.25, 0.3) is 0 Å². The number of thioether (sulfide) groups is 1. The Hall–Kier alpha value is -2.15. The summed E-state index contributed by atoms with van der Waals surface area (Å²) in [6, 6.07) is 4.70. The standard InChI is InChI=1S/C13H14N2O4S/c1-9-11(4-6-18-9)20-8-12(16)15-13(17)14-7-10-3-2-5-19-10/h2-6H,7-8H2,1H3,(H2,14,15,16,17). The molecule has 0 atom stereocenters. The number of amides is 3. The molecule has 2 aromatic rings. The lowest BCUT2D eigenvalue weighted by atomic mass is 10.4. The number of aryl methyl sites for hydroxylation is 1. The molecule has 2 N–H and O–H groups in total. The summed E-state index contributed by atoms with van der Waals surface area (Å²) in [5.41, 5.74) is 0. The Morgan fingerprint density at radius 2 is 2.10 bits per heavy atom.